The predicted molar refractivity (Wildman–Crippen MR) is 158 cm³/mol. The van der Waals surface area contributed by atoms with Crippen LogP contribution in [0.5, 0.6) is 5.75 Å². The van der Waals surface area contributed by atoms with Crippen LogP contribution in [0.3, 0.4) is 0 Å². The lowest BCUT2D eigenvalue weighted by atomic mass is 9.82. The summed E-state index contributed by atoms with van der Waals surface area (Å²) in [7, 11) is 1.64. The molecule has 1 fully saturated rings. The number of methoxy groups -OCH3 is 1. The molecular weight excluding hydrogens is 526 g/mol. The van der Waals surface area contributed by atoms with Gasteiger partial charge in [-0.3, -0.25) is 9.97 Å². The number of piperidine rings is 1. The lowest BCUT2D eigenvalue weighted by Gasteiger charge is -2.40. The number of carbonyl (C=O) groups is 1. The standard InChI is InChI=1S/C31H47N3O7/c1-22-26(28(29(35)36)41-30(2,3)4)27(34-12-10-31(5,6)11-13-34)24(21-32-22)25-9-8-23(20-33-25)40-19-18-39-17-16-38-15-14-37-7/h8-9,20-21,28H,10-19H2,1-7H3,(H,35,36)/t28-/m0/s1. The van der Waals surface area contributed by atoms with Crippen LogP contribution in [0, 0.1) is 12.3 Å². The van der Waals surface area contributed by atoms with E-state index in [0.29, 0.717) is 62.3 Å². The van der Waals surface area contributed by atoms with Crippen molar-refractivity contribution >= 4 is 11.7 Å². The molecule has 0 aromatic carbocycles. The molecule has 2 aromatic rings. The van der Waals surface area contributed by atoms with E-state index >= 15 is 0 Å². The zero-order valence-electron chi connectivity index (χ0n) is 25.7. The number of pyridine rings is 2. The molecule has 228 valence electrons. The smallest absolute Gasteiger partial charge is 0.337 e. The number of carboxylic acids is 1. The Morgan fingerprint density at radius 2 is 1.63 bits per heavy atom. The minimum Gasteiger partial charge on any atom is -0.490 e. The number of ether oxygens (including phenoxy) is 5. The van der Waals surface area contributed by atoms with Crippen molar-refractivity contribution in [3.63, 3.8) is 0 Å². The van der Waals surface area contributed by atoms with Gasteiger partial charge in [0.25, 0.3) is 0 Å². The summed E-state index contributed by atoms with van der Waals surface area (Å²) < 4.78 is 27.8. The fourth-order valence-corrected chi connectivity index (χ4v) is 4.68. The van der Waals surface area contributed by atoms with Crippen LogP contribution in [0.4, 0.5) is 5.69 Å². The van der Waals surface area contributed by atoms with E-state index in [4.69, 9.17) is 23.7 Å². The van der Waals surface area contributed by atoms with Gasteiger partial charge in [0.1, 0.15) is 12.4 Å². The summed E-state index contributed by atoms with van der Waals surface area (Å²) in [5.74, 6) is -0.421. The second-order valence-corrected chi connectivity index (χ2v) is 12.1. The minimum absolute atomic E-state index is 0.227. The normalized spacial score (nSPS) is 16.0. The molecule has 3 heterocycles. The van der Waals surface area contributed by atoms with E-state index in [1.165, 1.54) is 0 Å². The Kier molecular flexibility index (Phi) is 11.9. The number of hydrogen-bond donors (Lipinski definition) is 1. The van der Waals surface area contributed by atoms with Gasteiger partial charge in [0, 0.05) is 43.2 Å². The molecule has 0 spiro atoms. The molecule has 10 heteroatoms. The third-order valence-electron chi connectivity index (χ3n) is 6.99. The maximum absolute atomic E-state index is 12.6. The van der Waals surface area contributed by atoms with Crippen LogP contribution < -0.4 is 9.64 Å². The summed E-state index contributed by atoms with van der Waals surface area (Å²) in [4.78, 5) is 24.1. The highest BCUT2D eigenvalue weighted by atomic mass is 16.6. The molecule has 0 saturated carbocycles. The average molecular weight is 574 g/mol. The van der Waals surface area contributed by atoms with Crippen molar-refractivity contribution in [1.82, 2.24) is 9.97 Å². The van der Waals surface area contributed by atoms with Gasteiger partial charge in [-0.15, -0.1) is 0 Å². The van der Waals surface area contributed by atoms with Crippen molar-refractivity contribution in [2.45, 2.75) is 66.1 Å². The van der Waals surface area contributed by atoms with Gasteiger partial charge in [-0.1, -0.05) is 13.8 Å². The zero-order valence-corrected chi connectivity index (χ0v) is 25.7. The van der Waals surface area contributed by atoms with Gasteiger partial charge in [-0.25, -0.2) is 4.79 Å². The van der Waals surface area contributed by atoms with Crippen LogP contribution in [0.1, 0.15) is 64.8 Å². The second-order valence-electron chi connectivity index (χ2n) is 12.1. The molecule has 10 nitrogen and oxygen atoms in total. The number of anilines is 1. The topological polar surface area (TPSA) is 112 Å². The highest BCUT2D eigenvalue weighted by molar-refractivity contribution is 5.85. The van der Waals surface area contributed by atoms with Crippen molar-refractivity contribution in [2.24, 2.45) is 5.41 Å². The van der Waals surface area contributed by atoms with Gasteiger partial charge in [-0.05, 0) is 58.1 Å². The Bertz CT molecular complexity index is 1110. The summed E-state index contributed by atoms with van der Waals surface area (Å²) in [6.07, 6.45) is 4.28. The van der Waals surface area contributed by atoms with Crippen LogP contribution in [-0.4, -0.2) is 86.5 Å². The van der Waals surface area contributed by atoms with Crippen LogP contribution in [0.25, 0.3) is 11.3 Å². The van der Waals surface area contributed by atoms with Crippen LogP contribution >= 0.6 is 0 Å². The summed E-state index contributed by atoms with van der Waals surface area (Å²) in [6, 6.07) is 3.74. The van der Waals surface area contributed by atoms with E-state index in [9.17, 15) is 9.90 Å². The van der Waals surface area contributed by atoms with Gasteiger partial charge in [0.2, 0.25) is 0 Å². The van der Waals surface area contributed by atoms with Crippen molar-refractivity contribution in [3.05, 3.63) is 35.8 Å². The van der Waals surface area contributed by atoms with E-state index in [-0.39, 0.29) is 5.41 Å². The quantitative estimate of drug-likeness (QED) is 0.290. The molecular formula is C31H47N3O7. The largest absolute Gasteiger partial charge is 0.490 e. The van der Waals surface area contributed by atoms with Gasteiger partial charge in [0.15, 0.2) is 6.10 Å². The Balaban J connectivity index is 1.82. The van der Waals surface area contributed by atoms with Crippen LogP contribution in [0.2, 0.25) is 0 Å². The van der Waals surface area contributed by atoms with E-state index in [1.807, 2.05) is 39.8 Å². The second kappa shape index (κ2) is 14.9. The lowest BCUT2D eigenvalue weighted by Crippen LogP contribution is -2.39. The van der Waals surface area contributed by atoms with Crippen molar-refractivity contribution in [2.75, 3.05) is 64.7 Å². The molecule has 2 aromatic heterocycles. The number of aromatic nitrogens is 2. The number of hydrogen-bond acceptors (Lipinski definition) is 9. The van der Waals surface area contributed by atoms with E-state index in [1.54, 1.807) is 19.5 Å². The Morgan fingerprint density at radius 3 is 2.20 bits per heavy atom. The summed E-state index contributed by atoms with van der Waals surface area (Å²) in [5.41, 5.74) is 3.07. The Hall–Kier alpha value is -2.79. The van der Waals surface area contributed by atoms with E-state index in [0.717, 1.165) is 37.2 Å². The Morgan fingerprint density at radius 1 is 1.00 bits per heavy atom. The highest BCUT2D eigenvalue weighted by Gasteiger charge is 2.36. The van der Waals surface area contributed by atoms with Gasteiger partial charge < -0.3 is 33.7 Å². The molecule has 1 saturated heterocycles. The number of rotatable bonds is 15. The predicted octanol–water partition coefficient (Wildman–Crippen LogP) is 5.08. The monoisotopic (exact) mass is 573 g/mol. The van der Waals surface area contributed by atoms with E-state index in [2.05, 4.69) is 28.7 Å². The first kappa shape index (κ1) is 32.7. The molecule has 0 unspecified atom stereocenters. The number of nitrogens with zero attached hydrogens (tertiary/aromatic N) is 3. The van der Waals surface area contributed by atoms with Crippen molar-refractivity contribution in [1.29, 1.82) is 0 Å². The molecule has 3 rings (SSSR count). The fraction of sp³-hybridized carbons (Fsp3) is 0.645. The SMILES string of the molecule is COCCOCCOCCOc1ccc(-c2cnc(C)c([C@H](OC(C)(C)C)C(=O)O)c2N2CCC(C)(C)CC2)nc1. The minimum atomic E-state index is -1.17. The van der Waals surface area contributed by atoms with Crippen molar-refractivity contribution in [3.8, 4) is 17.0 Å². The first-order valence-corrected chi connectivity index (χ1v) is 14.3. The molecule has 0 aliphatic carbocycles. The summed E-state index contributed by atoms with van der Waals surface area (Å²) in [5, 5.41) is 10.3. The number of aliphatic carboxylic acids is 1. The summed E-state index contributed by atoms with van der Waals surface area (Å²) in [6.45, 7) is 16.5. The van der Waals surface area contributed by atoms with Crippen LogP contribution in [-0.2, 0) is 23.7 Å². The number of carboxylic acid groups (broad SMARTS) is 1. The molecule has 0 amide bonds. The average Bonchev–Trinajstić information content (AvgIpc) is 2.91. The molecule has 1 aliphatic heterocycles. The third-order valence-corrected chi connectivity index (χ3v) is 6.99. The molecule has 1 atom stereocenters. The third kappa shape index (κ3) is 9.92. The molecule has 1 aliphatic rings. The molecule has 0 radical (unpaired) electrons. The first-order chi connectivity index (χ1) is 19.4. The maximum atomic E-state index is 12.6. The summed E-state index contributed by atoms with van der Waals surface area (Å²) >= 11 is 0. The van der Waals surface area contributed by atoms with E-state index < -0.39 is 17.7 Å². The van der Waals surface area contributed by atoms with Crippen LogP contribution in [0.15, 0.2) is 24.5 Å². The lowest BCUT2D eigenvalue weighted by molar-refractivity contribution is -0.160. The molecule has 41 heavy (non-hydrogen) atoms. The van der Waals surface area contributed by atoms with Gasteiger partial charge in [0.05, 0.1) is 56.2 Å². The van der Waals surface area contributed by atoms with Gasteiger partial charge in [-0.2, -0.15) is 0 Å². The van der Waals surface area contributed by atoms with Gasteiger partial charge >= 0.3 is 5.97 Å². The maximum Gasteiger partial charge on any atom is 0.337 e. The molecule has 1 N–H and O–H groups in total. The fourth-order valence-electron chi connectivity index (χ4n) is 4.68. The molecule has 0 bridgehead atoms. The first-order valence-electron chi connectivity index (χ1n) is 14.3. The van der Waals surface area contributed by atoms with Crippen molar-refractivity contribution < 1.29 is 33.6 Å². The highest BCUT2D eigenvalue weighted by Crippen LogP contribution is 2.43. The number of aryl methyl sites for hydroxylation is 1. The zero-order chi connectivity index (χ0) is 30.0. The Labute approximate surface area is 244 Å².